The smallest absolute Gasteiger partial charge is 0.326 e. The number of unbranched alkanes of at least 4 members (excludes halogenated alkanes) is 1. The summed E-state index contributed by atoms with van der Waals surface area (Å²) in [5, 5.41) is 16.8. The molecular formula is C20H39N9O6S. The Labute approximate surface area is 215 Å². The van der Waals surface area contributed by atoms with Crippen molar-refractivity contribution in [2.45, 2.75) is 69.1 Å². The largest absolute Gasteiger partial charge is 0.480 e. The van der Waals surface area contributed by atoms with Crippen molar-refractivity contribution in [1.82, 2.24) is 16.0 Å². The minimum absolute atomic E-state index is 0.0138. The summed E-state index contributed by atoms with van der Waals surface area (Å²) in [6.07, 6.45) is 1.15. The summed E-state index contributed by atoms with van der Waals surface area (Å²) in [4.78, 5) is 64.7. The summed E-state index contributed by atoms with van der Waals surface area (Å²) in [6, 6.07) is -4.60. The predicted molar refractivity (Wildman–Crippen MR) is 137 cm³/mol. The molecule has 0 aliphatic heterocycles. The van der Waals surface area contributed by atoms with Gasteiger partial charge in [-0.2, -0.15) is 12.6 Å². The fraction of sp³-hybridized carbons (Fsp3) is 0.700. The van der Waals surface area contributed by atoms with Gasteiger partial charge >= 0.3 is 5.97 Å². The molecule has 0 aliphatic carbocycles. The highest BCUT2D eigenvalue weighted by atomic mass is 32.1. The number of carbonyl (C=O) groups is 5. The zero-order valence-electron chi connectivity index (χ0n) is 20.2. The molecule has 0 rings (SSSR count). The number of rotatable bonds is 19. The van der Waals surface area contributed by atoms with E-state index in [0.717, 1.165) is 0 Å². The topological polar surface area (TPSA) is 284 Å². The Hall–Kier alpha value is -3.11. The van der Waals surface area contributed by atoms with E-state index in [1.54, 1.807) is 0 Å². The highest BCUT2D eigenvalue weighted by Crippen LogP contribution is 2.07. The van der Waals surface area contributed by atoms with Crippen molar-refractivity contribution in [2.24, 2.45) is 33.7 Å². The number of hydrogen-bond donors (Lipinski definition) is 10. The molecular weight excluding hydrogens is 494 g/mol. The number of nitrogens with zero attached hydrogens (tertiary/aromatic N) is 1. The molecule has 206 valence electrons. The van der Waals surface area contributed by atoms with Crippen molar-refractivity contribution in [3.63, 3.8) is 0 Å². The molecule has 16 heteroatoms. The van der Waals surface area contributed by atoms with Gasteiger partial charge in [-0.1, -0.05) is 0 Å². The lowest BCUT2D eigenvalue weighted by Crippen LogP contribution is -2.57. The van der Waals surface area contributed by atoms with Gasteiger partial charge in [0.05, 0.1) is 6.04 Å². The van der Waals surface area contributed by atoms with Crippen LogP contribution < -0.4 is 44.6 Å². The maximum absolute atomic E-state index is 12.9. The predicted octanol–water partition coefficient (Wildman–Crippen LogP) is -3.77. The molecule has 0 saturated carbocycles. The van der Waals surface area contributed by atoms with E-state index in [4.69, 9.17) is 28.7 Å². The van der Waals surface area contributed by atoms with Crippen molar-refractivity contribution in [3.05, 3.63) is 0 Å². The summed E-state index contributed by atoms with van der Waals surface area (Å²) in [6.45, 7) is 0.526. The lowest BCUT2D eigenvalue weighted by Gasteiger charge is -2.25. The van der Waals surface area contributed by atoms with E-state index < -0.39 is 53.8 Å². The first-order valence-corrected chi connectivity index (χ1v) is 12.1. The zero-order valence-corrected chi connectivity index (χ0v) is 21.0. The van der Waals surface area contributed by atoms with Gasteiger partial charge in [0.15, 0.2) is 5.96 Å². The normalized spacial score (nSPS) is 14.0. The fourth-order valence-electron chi connectivity index (χ4n) is 2.98. The molecule has 0 saturated heterocycles. The molecule has 14 N–H and O–H groups in total. The first-order valence-electron chi connectivity index (χ1n) is 11.5. The van der Waals surface area contributed by atoms with Gasteiger partial charge in [-0.15, -0.1) is 0 Å². The van der Waals surface area contributed by atoms with Crippen LogP contribution in [-0.2, 0) is 24.0 Å². The second kappa shape index (κ2) is 18.2. The number of thiol groups is 1. The van der Waals surface area contributed by atoms with Crippen LogP contribution in [0.1, 0.15) is 44.9 Å². The molecule has 4 unspecified atom stereocenters. The van der Waals surface area contributed by atoms with Gasteiger partial charge in [-0.05, 0) is 45.1 Å². The number of amides is 4. The van der Waals surface area contributed by atoms with Gasteiger partial charge in [0.25, 0.3) is 0 Å². The third kappa shape index (κ3) is 14.3. The van der Waals surface area contributed by atoms with E-state index in [2.05, 4.69) is 33.6 Å². The lowest BCUT2D eigenvalue weighted by molar-refractivity contribution is -0.142. The van der Waals surface area contributed by atoms with E-state index in [0.29, 0.717) is 19.4 Å². The van der Waals surface area contributed by atoms with Crippen LogP contribution in [0.4, 0.5) is 0 Å². The second-order valence-electron chi connectivity index (χ2n) is 8.05. The number of hydrogen-bond acceptors (Lipinski definition) is 9. The van der Waals surface area contributed by atoms with Crippen LogP contribution in [0, 0.1) is 0 Å². The Bertz CT molecular complexity index is 779. The van der Waals surface area contributed by atoms with E-state index in [9.17, 15) is 29.1 Å². The number of carboxylic acid groups (broad SMARTS) is 1. The van der Waals surface area contributed by atoms with Gasteiger partial charge in [-0.25, -0.2) is 4.79 Å². The summed E-state index contributed by atoms with van der Waals surface area (Å²) in [5.74, 6) is -4.26. The molecule has 0 aromatic carbocycles. The van der Waals surface area contributed by atoms with Crippen LogP contribution in [0.15, 0.2) is 4.99 Å². The quantitative estimate of drug-likeness (QED) is 0.0334. The number of carbonyl (C=O) groups excluding carboxylic acids is 4. The minimum Gasteiger partial charge on any atom is -0.480 e. The van der Waals surface area contributed by atoms with E-state index in [1.165, 1.54) is 0 Å². The molecule has 0 fully saturated rings. The highest BCUT2D eigenvalue weighted by Gasteiger charge is 2.30. The minimum atomic E-state index is -1.27. The molecule has 0 heterocycles. The van der Waals surface area contributed by atoms with E-state index in [-0.39, 0.29) is 50.4 Å². The van der Waals surface area contributed by atoms with Gasteiger partial charge < -0.3 is 49.7 Å². The zero-order chi connectivity index (χ0) is 27.7. The number of aliphatic imine (C=N–C) groups is 1. The van der Waals surface area contributed by atoms with Gasteiger partial charge in [0.1, 0.15) is 18.1 Å². The van der Waals surface area contributed by atoms with Crippen molar-refractivity contribution < 1.29 is 29.1 Å². The Morgan fingerprint density at radius 2 is 1.33 bits per heavy atom. The van der Waals surface area contributed by atoms with Crippen LogP contribution in [0.2, 0.25) is 0 Å². The van der Waals surface area contributed by atoms with Crippen molar-refractivity contribution >= 4 is 48.2 Å². The van der Waals surface area contributed by atoms with Crippen molar-refractivity contribution in [3.8, 4) is 0 Å². The van der Waals surface area contributed by atoms with E-state index in [1.807, 2.05) is 0 Å². The van der Waals surface area contributed by atoms with Crippen LogP contribution in [0.5, 0.6) is 0 Å². The van der Waals surface area contributed by atoms with Gasteiger partial charge in [0.2, 0.25) is 23.6 Å². The Morgan fingerprint density at radius 3 is 1.83 bits per heavy atom. The molecule has 4 atom stereocenters. The van der Waals surface area contributed by atoms with Crippen molar-refractivity contribution in [1.29, 1.82) is 0 Å². The fourth-order valence-corrected chi connectivity index (χ4v) is 3.15. The molecule has 15 nitrogen and oxygen atoms in total. The Kier molecular flexibility index (Phi) is 16.6. The number of guanidine groups is 1. The number of primary amides is 1. The second-order valence-corrected chi connectivity index (χ2v) is 8.41. The van der Waals surface area contributed by atoms with Crippen LogP contribution in [0.3, 0.4) is 0 Å². The molecule has 36 heavy (non-hydrogen) atoms. The first kappa shape index (κ1) is 32.9. The Morgan fingerprint density at radius 1 is 0.806 bits per heavy atom. The molecule has 4 amide bonds. The lowest BCUT2D eigenvalue weighted by atomic mass is 10.0. The highest BCUT2D eigenvalue weighted by molar-refractivity contribution is 7.80. The number of nitrogens with two attached hydrogens (primary N) is 5. The number of aliphatic carboxylic acids is 1. The maximum Gasteiger partial charge on any atom is 0.326 e. The summed E-state index contributed by atoms with van der Waals surface area (Å²) in [7, 11) is 0. The van der Waals surface area contributed by atoms with Gasteiger partial charge in [0, 0.05) is 18.7 Å². The first-order chi connectivity index (χ1) is 16.9. The van der Waals surface area contributed by atoms with E-state index >= 15 is 0 Å². The SMILES string of the molecule is NCCCCC(NC(=O)C(CCC(N)=O)NC(=O)C(N)CS)C(=O)NC(CCCN=C(N)N)C(=O)O. The summed E-state index contributed by atoms with van der Waals surface area (Å²) < 4.78 is 0. The van der Waals surface area contributed by atoms with Crippen molar-refractivity contribution in [2.75, 3.05) is 18.8 Å². The molecule has 0 aromatic rings. The molecule has 0 aliphatic rings. The third-order valence-electron chi connectivity index (χ3n) is 4.99. The Balaban J connectivity index is 5.49. The molecule has 0 spiro atoms. The number of nitrogens with one attached hydrogen (secondary N) is 3. The van der Waals surface area contributed by atoms with Crippen LogP contribution in [0.25, 0.3) is 0 Å². The monoisotopic (exact) mass is 533 g/mol. The molecule has 0 aromatic heterocycles. The summed E-state index contributed by atoms with van der Waals surface area (Å²) >= 11 is 3.94. The standard InChI is InChI=1S/C20H39N9O6S/c21-8-2-1-4-12(17(32)29-14(19(34)35)5-3-9-26-20(24)25)28-18(33)13(6-7-15(23)30)27-16(31)11(22)10-36/h11-14,36H,1-10,21-22H2,(H2,23,30)(H,27,31)(H,28,33)(H,29,32)(H,34,35)(H4,24,25,26). The number of carboxylic acids is 1. The average Bonchev–Trinajstić information content (AvgIpc) is 2.81. The molecule has 0 bridgehead atoms. The van der Waals surface area contributed by atoms with Crippen LogP contribution in [-0.4, -0.2) is 83.7 Å². The maximum atomic E-state index is 12.9. The third-order valence-corrected chi connectivity index (χ3v) is 5.38. The van der Waals surface area contributed by atoms with Crippen LogP contribution >= 0.6 is 12.6 Å². The summed E-state index contributed by atoms with van der Waals surface area (Å²) in [5.41, 5.74) is 26.8. The van der Waals surface area contributed by atoms with Gasteiger partial charge in [-0.3, -0.25) is 24.2 Å². The molecule has 0 radical (unpaired) electrons. The average molecular weight is 534 g/mol.